The number of hydrogen-bond acceptors (Lipinski definition) is 3. The Hall–Kier alpha value is -3.31. The Kier molecular flexibility index (Phi) is 5.58. The lowest BCUT2D eigenvalue weighted by Crippen LogP contribution is -2.33. The van der Waals surface area contributed by atoms with Crippen LogP contribution < -0.4 is 10.2 Å². The number of thioether (sulfide) groups is 1. The van der Waals surface area contributed by atoms with E-state index in [-0.39, 0.29) is 11.8 Å². The number of amides is 2. The summed E-state index contributed by atoms with van der Waals surface area (Å²) >= 11 is 1.50. The first-order valence-corrected chi connectivity index (χ1v) is 11.7. The third kappa shape index (κ3) is 4.48. The van der Waals surface area contributed by atoms with Crippen LogP contribution in [0.15, 0.2) is 82.6 Å². The van der Waals surface area contributed by atoms with E-state index in [0.717, 1.165) is 34.6 Å². The van der Waals surface area contributed by atoms with Crippen LogP contribution in [0.1, 0.15) is 39.9 Å². The van der Waals surface area contributed by atoms with E-state index in [1.807, 2.05) is 59.5 Å². The monoisotopic (exact) mass is 440 g/mol. The summed E-state index contributed by atoms with van der Waals surface area (Å²) in [5.74, 6) is -0.0427. The van der Waals surface area contributed by atoms with Crippen LogP contribution in [0.3, 0.4) is 0 Å². The minimum absolute atomic E-state index is 0.00856. The summed E-state index contributed by atoms with van der Waals surface area (Å²) < 4.78 is 0. The van der Waals surface area contributed by atoms with E-state index < -0.39 is 0 Å². The van der Waals surface area contributed by atoms with E-state index >= 15 is 0 Å². The van der Waals surface area contributed by atoms with Gasteiger partial charge in [-0.05, 0) is 61.2 Å². The average Bonchev–Trinajstić information content (AvgIpc) is 3.61. The summed E-state index contributed by atoms with van der Waals surface area (Å²) in [5, 5.41) is 3.00. The SMILES string of the molecule is Cc1cccc(CN2C(=O)/C(=C\c3ccc(C(=O)NC4CC4)cc3)Sc3ccccc32)c1. The van der Waals surface area contributed by atoms with Crippen molar-refractivity contribution in [1.82, 2.24) is 5.32 Å². The molecular weight excluding hydrogens is 416 g/mol. The molecule has 1 fully saturated rings. The Morgan fingerprint density at radius 1 is 1.06 bits per heavy atom. The molecule has 0 saturated heterocycles. The smallest absolute Gasteiger partial charge is 0.265 e. The Morgan fingerprint density at radius 3 is 2.59 bits per heavy atom. The second-order valence-corrected chi connectivity index (χ2v) is 9.41. The van der Waals surface area contributed by atoms with Gasteiger partial charge in [0.25, 0.3) is 11.8 Å². The van der Waals surface area contributed by atoms with Crippen molar-refractivity contribution in [3.8, 4) is 0 Å². The number of anilines is 1. The molecule has 160 valence electrons. The van der Waals surface area contributed by atoms with Crippen LogP contribution in [0.2, 0.25) is 0 Å². The van der Waals surface area contributed by atoms with Crippen molar-refractivity contribution >= 4 is 35.3 Å². The number of hydrogen-bond donors (Lipinski definition) is 1. The van der Waals surface area contributed by atoms with Gasteiger partial charge < -0.3 is 10.2 Å². The predicted molar refractivity (Wildman–Crippen MR) is 130 cm³/mol. The third-order valence-electron chi connectivity index (χ3n) is 5.64. The second kappa shape index (κ2) is 8.67. The molecule has 3 aromatic carbocycles. The highest BCUT2D eigenvalue weighted by atomic mass is 32.2. The second-order valence-electron chi connectivity index (χ2n) is 8.33. The maximum Gasteiger partial charge on any atom is 0.265 e. The fourth-order valence-electron chi connectivity index (χ4n) is 3.79. The number of nitrogens with zero attached hydrogens (tertiary/aromatic N) is 1. The van der Waals surface area contributed by atoms with Crippen molar-refractivity contribution in [2.75, 3.05) is 4.90 Å². The number of carbonyl (C=O) groups is 2. The van der Waals surface area contributed by atoms with Gasteiger partial charge in [0.1, 0.15) is 0 Å². The molecule has 0 aromatic heterocycles. The topological polar surface area (TPSA) is 49.4 Å². The molecule has 0 bridgehead atoms. The van der Waals surface area contributed by atoms with Crippen LogP contribution in [0.4, 0.5) is 5.69 Å². The van der Waals surface area contributed by atoms with Crippen molar-refractivity contribution in [1.29, 1.82) is 0 Å². The zero-order valence-electron chi connectivity index (χ0n) is 17.9. The van der Waals surface area contributed by atoms with E-state index in [9.17, 15) is 9.59 Å². The Balaban J connectivity index is 1.42. The Bertz CT molecular complexity index is 1210. The number of carbonyl (C=O) groups excluding carboxylic acids is 2. The molecule has 2 aliphatic rings. The lowest BCUT2D eigenvalue weighted by molar-refractivity contribution is -0.114. The molecule has 32 heavy (non-hydrogen) atoms. The van der Waals surface area contributed by atoms with Crippen LogP contribution in [0.25, 0.3) is 6.08 Å². The maximum absolute atomic E-state index is 13.5. The van der Waals surface area contributed by atoms with Crippen LogP contribution in [-0.4, -0.2) is 17.9 Å². The van der Waals surface area contributed by atoms with Crippen molar-refractivity contribution in [2.45, 2.75) is 37.2 Å². The highest BCUT2D eigenvalue weighted by Gasteiger charge is 2.29. The molecule has 4 nitrogen and oxygen atoms in total. The highest BCUT2D eigenvalue weighted by molar-refractivity contribution is 8.04. The zero-order chi connectivity index (χ0) is 22.1. The van der Waals surface area contributed by atoms with Crippen LogP contribution in [0, 0.1) is 6.92 Å². The van der Waals surface area contributed by atoms with Crippen LogP contribution >= 0.6 is 11.8 Å². The molecule has 2 amide bonds. The fourth-order valence-corrected chi connectivity index (χ4v) is 4.85. The quantitative estimate of drug-likeness (QED) is 0.528. The van der Waals surface area contributed by atoms with Gasteiger partial charge >= 0.3 is 0 Å². The average molecular weight is 441 g/mol. The molecule has 1 aliphatic heterocycles. The zero-order valence-corrected chi connectivity index (χ0v) is 18.7. The van der Waals surface area contributed by atoms with Gasteiger partial charge in [0.15, 0.2) is 0 Å². The first-order chi connectivity index (χ1) is 15.6. The summed E-state index contributed by atoms with van der Waals surface area (Å²) in [6.07, 6.45) is 4.04. The summed E-state index contributed by atoms with van der Waals surface area (Å²) in [5.41, 5.74) is 4.77. The number of fused-ring (bicyclic) bond motifs is 1. The number of nitrogens with one attached hydrogen (secondary N) is 1. The van der Waals surface area contributed by atoms with Crippen LogP contribution in [0.5, 0.6) is 0 Å². The number of benzene rings is 3. The van der Waals surface area contributed by atoms with Crippen molar-refractivity contribution in [3.63, 3.8) is 0 Å². The standard InChI is InChI=1S/C27H24N2O2S/c1-18-5-4-6-20(15-18)17-29-23-7-2-3-8-24(23)32-25(27(29)31)16-19-9-11-21(12-10-19)26(30)28-22-13-14-22/h2-12,15-16,22H,13-14,17H2,1H3,(H,28,30)/b25-16+. The van der Waals surface area contributed by atoms with E-state index in [1.165, 1.54) is 17.3 Å². The van der Waals surface area contributed by atoms with E-state index in [4.69, 9.17) is 0 Å². The molecule has 5 rings (SSSR count). The minimum Gasteiger partial charge on any atom is -0.349 e. The van der Waals surface area contributed by atoms with Gasteiger partial charge in [-0.15, -0.1) is 0 Å². The van der Waals surface area contributed by atoms with Crippen molar-refractivity contribution < 1.29 is 9.59 Å². The largest absolute Gasteiger partial charge is 0.349 e. The first kappa shape index (κ1) is 20.6. The summed E-state index contributed by atoms with van der Waals surface area (Å²) in [7, 11) is 0. The molecule has 1 N–H and O–H groups in total. The number of aryl methyl sites for hydroxylation is 1. The van der Waals surface area contributed by atoms with Gasteiger partial charge in [-0.25, -0.2) is 0 Å². The van der Waals surface area contributed by atoms with Crippen LogP contribution in [-0.2, 0) is 11.3 Å². The fraction of sp³-hybridized carbons (Fsp3) is 0.185. The predicted octanol–water partition coefficient (Wildman–Crippen LogP) is 5.57. The Morgan fingerprint density at radius 2 is 1.84 bits per heavy atom. The summed E-state index contributed by atoms with van der Waals surface area (Å²) in [6, 6.07) is 24.0. The van der Waals surface area contributed by atoms with E-state index in [0.29, 0.717) is 23.1 Å². The maximum atomic E-state index is 13.5. The number of rotatable bonds is 5. The first-order valence-electron chi connectivity index (χ1n) is 10.8. The lowest BCUT2D eigenvalue weighted by atomic mass is 10.1. The van der Waals surface area contributed by atoms with E-state index in [2.05, 4.69) is 36.5 Å². The third-order valence-corrected chi connectivity index (χ3v) is 6.72. The minimum atomic E-state index is -0.0342. The molecule has 0 spiro atoms. The summed E-state index contributed by atoms with van der Waals surface area (Å²) in [6.45, 7) is 2.58. The summed E-state index contributed by atoms with van der Waals surface area (Å²) in [4.78, 5) is 29.3. The van der Waals surface area contributed by atoms with Gasteiger partial charge in [0.2, 0.25) is 0 Å². The molecule has 0 atom stereocenters. The molecule has 0 radical (unpaired) electrons. The lowest BCUT2D eigenvalue weighted by Gasteiger charge is -2.30. The van der Waals surface area contributed by atoms with Gasteiger partial charge in [-0.3, -0.25) is 9.59 Å². The highest BCUT2D eigenvalue weighted by Crippen LogP contribution is 2.42. The number of para-hydroxylation sites is 1. The molecule has 1 aliphatic carbocycles. The van der Waals surface area contributed by atoms with Crippen molar-refractivity contribution in [3.05, 3.63) is 100.0 Å². The van der Waals surface area contributed by atoms with Crippen molar-refractivity contribution in [2.24, 2.45) is 0 Å². The van der Waals surface area contributed by atoms with Gasteiger partial charge in [-0.1, -0.05) is 65.9 Å². The molecular formula is C27H24N2O2S. The Labute approximate surface area is 192 Å². The molecule has 0 unspecified atom stereocenters. The van der Waals surface area contributed by atoms with Gasteiger partial charge in [-0.2, -0.15) is 0 Å². The normalized spacial score (nSPS) is 16.7. The van der Waals surface area contributed by atoms with Gasteiger partial charge in [0.05, 0.1) is 17.1 Å². The molecule has 1 heterocycles. The van der Waals surface area contributed by atoms with Gasteiger partial charge in [0, 0.05) is 16.5 Å². The molecule has 5 heteroatoms. The molecule has 1 saturated carbocycles. The molecule has 3 aromatic rings. The van der Waals surface area contributed by atoms with E-state index in [1.54, 1.807) is 0 Å².